The SMILES string of the molecule is c1ccc(-c2cc3nccnc3cc2-n2c3ccccc3c3cc4c5c6ccccc6c(-c6ccccc6)cc5n(-c5ccccc5)c4cc32)cc1. The van der Waals surface area contributed by atoms with Crippen LogP contribution >= 0.6 is 0 Å². The summed E-state index contributed by atoms with van der Waals surface area (Å²) in [6.45, 7) is 0. The Bertz CT molecular complexity index is 3160. The first-order valence-corrected chi connectivity index (χ1v) is 17.7. The van der Waals surface area contributed by atoms with Gasteiger partial charge in [-0.1, -0.05) is 121 Å². The van der Waals surface area contributed by atoms with Crippen molar-refractivity contribution >= 4 is 65.4 Å². The van der Waals surface area contributed by atoms with Crippen LogP contribution in [0.25, 0.3) is 99.0 Å². The lowest BCUT2D eigenvalue weighted by Crippen LogP contribution is -1.99. The van der Waals surface area contributed by atoms with E-state index in [2.05, 4.69) is 179 Å². The van der Waals surface area contributed by atoms with E-state index in [4.69, 9.17) is 9.97 Å². The summed E-state index contributed by atoms with van der Waals surface area (Å²) in [6.07, 6.45) is 3.54. The van der Waals surface area contributed by atoms with Gasteiger partial charge in [-0.05, 0) is 76.0 Å². The molecule has 11 aromatic rings. The van der Waals surface area contributed by atoms with E-state index < -0.39 is 0 Å². The van der Waals surface area contributed by atoms with Gasteiger partial charge in [0.15, 0.2) is 0 Å². The Kier molecular flexibility index (Phi) is 6.22. The lowest BCUT2D eigenvalue weighted by Gasteiger charge is -2.15. The number of fused-ring (bicyclic) bond motifs is 9. The summed E-state index contributed by atoms with van der Waals surface area (Å²) in [5, 5.41) is 7.42. The summed E-state index contributed by atoms with van der Waals surface area (Å²) in [6, 6.07) is 61.4. The third-order valence-corrected chi connectivity index (χ3v) is 10.6. The fraction of sp³-hybridized carbons (Fsp3) is 0. The van der Waals surface area contributed by atoms with Crippen molar-refractivity contribution in [2.75, 3.05) is 0 Å². The summed E-state index contributed by atoms with van der Waals surface area (Å²) in [7, 11) is 0. The van der Waals surface area contributed by atoms with E-state index in [9.17, 15) is 0 Å². The van der Waals surface area contributed by atoms with Gasteiger partial charge in [-0.3, -0.25) is 9.97 Å². The van der Waals surface area contributed by atoms with Crippen molar-refractivity contribution in [1.29, 1.82) is 0 Å². The van der Waals surface area contributed by atoms with E-state index in [-0.39, 0.29) is 0 Å². The molecule has 0 aliphatic heterocycles. The highest BCUT2D eigenvalue weighted by Crippen LogP contribution is 2.45. The van der Waals surface area contributed by atoms with Crippen LogP contribution < -0.4 is 0 Å². The molecule has 0 bridgehead atoms. The molecule has 0 N–H and O–H groups in total. The fourth-order valence-corrected chi connectivity index (χ4v) is 8.34. The Morgan fingerprint density at radius 1 is 0.346 bits per heavy atom. The summed E-state index contributed by atoms with van der Waals surface area (Å²) in [5.74, 6) is 0. The van der Waals surface area contributed by atoms with Crippen molar-refractivity contribution in [2.45, 2.75) is 0 Å². The minimum Gasteiger partial charge on any atom is -0.309 e. The second-order valence-corrected chi connectivity index (χ2v) is 13.4. The average molecular weight is 663 g/mol. The number of nitrogens with zero attached hydrogens (tertiary/aromatic N) is 4. The molecule has 3 aromatic heterocycles. The van der Waals surface area contributed by atoms with Gasteiger partial charge in [-0.25, -0.2) is 0 Å². The summed E-state index contributed by atoms with van der Waals surface area (Å²) in [4.78, 5) is 9.46. The van der Waals surface area contributed by atoms with Crippen molar-refractivity contribution in [3.8, 4) is 33.6 Å². The number of benzene rings is 8. The Morgan fingerprint density at radius 3 is 1.65 bits per heavy atom. The van der Waals surface area contributed by atoms with E-state index in [1.807, 2.05) is 0 Å². The standard InChI is InChI=1S/C48H30N4/c1-4-14-31(15-5-1)37-28-47-48(36-22-11-10-20-34(36)37)40-26-39-35-21-12-13-23-43(35)52(45(39)30-46(40)51(47)33-18-8-3-9-19-33)44-29-42-41(49-24-25-50-42)27-38(44)32-16-6-2-7-17-32/h1-30H. The van der Waals surface area contributed by atoms with E-state index in [0.29, 0.717) is 0 Å². The molecule has 8 aromatic carbocycles. The Hall–Kier alpha value is -7.04. The summed E-state index contributed by atoms with van der Waals surface area (Å²) in [5.41, 5.74) is 13.3. The second-order valence-electron chi connectivity index (χ2n) is 13.4. The monoisotopic (exact) mass is 662 g/mol. The van der Waals surface area contributed by atoms with Crippen LogP contribution in [0.1, 0.15) is 0 Å². The van der Waals surface area contributed by atoms with Crippen LogP contribution in [0.4, 0.5) is 0 Å². The highest BCUT2D eigenvalue weighted by atomic mass is 15.0. The van der Waals surface area contributed by atoms with Gasteiger partial charge in [-0.15, -0.1) is 0 Å². The molecular weight excluding hydrogens is 633 g/mol. The van der Waals surface area contributed by atoms with Crippen LogP contribution in [0.2, 0.25) is 0 Å². The van der Waals surface area contributed by atoms with E-state index in [0.717, 1.165) is 50.1 Å². The Balaban J connectivity index is 1.33. The van der Waals surface area contributed by atoms with E-state index in [1.165, 1.54) is 49.0 Å². The van der Waals surface area contributed by atoms with E-state index in [1.54, 1.807) is 12.4 Å². The first-order valence-electron chi connectivity index (χ1n) is 17.7. The molecule has 0 fully saturated rings. The molecular formula is C48H30N4. The Morgan fingerprint density at radius 2 is 0.923 bits per heavy atom. The van der Waals surface area contributed by atoms with Crippen LogP contribution in [0.3, 0.4) is 0 Å². The molecule has 242 valence electrons. The van der Waals surface area contributed by atoms with Crippen LogP contribution in [0, 0.1) is 0 Å². The summed E-state index contributed by atoms with van der Waals surface area (Å²) < 4.78 is 4.88. The third kappa shape index (κ3) is 4.21. The molecule has 0 saturated carbocycles. The van der Waals surface area contributed by atoms with Gasteiger partial charge in [0.2, 0.25) is 0 Å². The zero-order chi connectivity index (χ0) is 34.2. The molecule has 52 heavy (non-hydrogen) atoms. The largest absolute Gasteiger partial charge is 0.309 e. The number of hydrogen-bond donors (Lipinski definition) is 0. The van der Waals surface area contributed by atoms with Crippen molar-refractivity contribution in [2.24, 2.45) is 0 Å². The highest BCUT2D eigenvalue weighted by Gasteiger charge is 2.22. The van der Waals surface area contributed by atoms with Gasteiger partial charge in [0, 0.05) is 45.2 Å². The predicted molar refractivity (Wildman–Crippen MR) is 217 cm³/mol. The quantitative estimate of drug-likeness (QED) is 0.188. The van der Waals surface area contributed by atoms with Crippen LogP contribution in [0.5, 0.6) is 0 Å². The van der Waals surface area contributed by atoms with E-state index >= 15 is 0 Å². The molecule has 0 unspecified atom stereocenters. The Labute approximate surface area is 299 Å². The first kappa shape index (κ1) is 28.8. The van der Waals surface area contributed by atoms with Gasteiger partial charge in [0.05, 0.1) is 38.8 Å². The van der Waals surface area contributed by atoms with Crippen molar-refractivity contribution in [3.63, 3.8) is 0 Å². The lowest BCUT2D eigenvalue weighted by molar-refractivity contribution is 1.16. The molecule has 0 saturated heterocycles. The second kappa shape index (κ2) is 11.2. The molecule has 0 aliphatic carbocycles. The molecule has 0 atom stereocenters. The summed E-state index contributed by atoms with van der Waals surface area (Å²) >= 11 is 0. The third-order valence-electron chi connectivity index (χ3n) is 10.6. The van der Waals surface area contributed by atoms with Crippen molar-refractivity contribution < 1.29 is 0 Å². The van der Waals surface area contributed by atoms with Gasteiger partial charge < -0.3 is 9.13 Å². The number of rotatable bonds is 4. The zero-order valence-corrected chi connectivity index (χ0v) is 28.1. The first-order chi connectivity index (χ1) is 25.8. The van der Waals surface area contributed by atoms with Gasteiger partial charge >= 0.3 is 0 Å². The fourth-order valence-electron chi connectivity index (χ4n) is 8.34. The van der Waals surface area contributed by atoms with Crippen molar-refractivity contribution in [1.82, 2.24) is 19.1 Å². The smallest absolute Gasteiger partial charge is 0.0908 e. The molecule has 4 heteroatoms. The minimum absolute atomic E-state index is 0.863. The molecule has 4 nitrogen and oxygen atoms in total. The highest BCUT2D eigenvalue weighted by molar-refractivity contribution is 6.27. The molecule has 3 heterocycles. The minimum atomic E-state index is 0.863. The number of aromatic nitrogens is 4. The maximum Gasteiger partial charge on any atom is 0.0908 e. The van der Waals surface area contributed by atoms with Gasteiger partial charge in [-0.2, -0.15) is 0 Å². The lowest BCUT2D eigenvalue weighted by atomic mass is 9.94. The van der Waals surface area contributed by atoms with Gasteiger partial charge in [0.25, 0.3) is 0 Å². The normalized spacial score (nSPS) is 11.8. The number of para-hydroxylation sites is 2. The molecule has 0 amide bonds. The molecule has 0 spiro atoms. The van der Waals surface area contributed by atoms with Crippen LogP contribution in [-0.2, 0) is 0 Å². The maximum atomic E-state index is 4.76. The predicted octanol–water partition coefficient (Wildman–Crippen LogP) is 12.3. The average Bonchev–Trinajstić information content (AvgIpc) is 3.72. The van der Waals surface area contributed by atoms with Crippen LogP contribution in [0.15, 0.2) is 182 Å². The van der Waals surface area contributed by atoms with Crippen molar-refractivity contribution in [3.05, 3.63) is 182 Å². The van der Waals surface area contributed by atoms with Crippen LogP contribution in [-0.4, -0.2) is 19.1 Å². The zero-order valence-electron chi connectivity index (χ0n) is 28.1. The maximum absolute atomic E-state index is 4.76. The molecule has 0 aliphatic rings. The molecule has 0 radical (unpaired) electrons. The molecule has 11 rings (SSSR count). The topological polar surface area (TPSA) is 35.6 Å². The van der Waals surface area contributed by atoms with Gasteiger partial charge in [0.1, 0.15) is 0 Å². The number of hydrogen-bond acceptors (Lipinski definition) is 2.